The predicted molar refractivity (Wildman–Crippen MR) is 85.0 cm³/mol. The van der Waals surface area contributed by atoms with Gasteiger partial charge in [0.15, 0.2) is 5.13 Å². The van der Waals surface area contributed by atoms with E-state index in [0.717, 1.165) is 11.3 Å². The highest BCUT2D eigenvalue weighted by Gasteiger charge is 2.35. The molecule has 7 nitrogen and oxygen atoms in total. The summed E-state index contributed by atoms with van der Waals surface area (Å²) in [5, 5.41) is 0.419. The number of halogens is 1. The first kappa shape index (κ1) is 17.2. The molecule has 1 aliphatic heterocycles. The van der Waals surface area contributed by atoms with Crippen LogP contribution in [0.2, 0.25) is 0 Å². The fourth-order valence-corrected chi connectivity index (χ4v) is 4.69. The number of aromatic nitrogens is 1. The van der Waals surface area contributed by atoms with Crippen molar-refractivity contribution < 1.29 is 18.0 Å². The van der Waals surface area contributed by atoms with Crippen LogP contribution in [0.3, 0.4) is 0 Å². The van der Waals surface area contributed by atoms with E-state index in [1.54, 1.807) is 21.0 Å². The van der Waals surface area contributed by atoms with Crippen LogP contribution >= 0.6 is 22.0 Å². The van der Waals surface area contributed by atoms with E-state index < -0.39 is 9.05 Å². The third-order valence-electron chi connectivity index (χ3n) is 3.26. The lowest BCUT2D eigenvalue weighted by molar-refractivity contribution is -0.117. The second-order valence-corrected chi connectivity index (χ2v) is 9.19. The van der Waals surface area contributed by atoms with Gasteiger partial charge in [-0.25, -0.2) is 13.4 Å². The van der Waals surface area contributed by atoms with Crippen molar-refractivity contribution in [2.45, 2.75) is 13.3 Å². The van der Waals surface area contributed by atoms with E-state index >= 15 is 0 Å². The Morgan fingerprint density at radius 3 is 2.68 bits per heavy atom. The topological polar surface area (TPSA) is 87.6 Å². The number of carbonyl (C=O) groups is 2. The van der Waals surface area contributed by atoms with E-state index in [4.69, 9.17) is 10.7 Å². The minimum atomic E-state index is -3.65. The highest BCUT2D eigenvalue weighted by Crippen LogP contribution is 2.32. The van der Waals surface area contributed by atoms with Crippen LogP contribution in [0.4, 0.5) is 5.13 Å². The molecule has 122 valence electrons. The molecule has 0 N–H and O–H groups in total. The largest absolute Gasteiger partial charge is 0.344 e. The lowest BCUT2D eigenvalue weighted by Gasteiger charge is -2.12. The van der Waals surface area contributed by atoms with Gasteiger partial charge < -0.3 is 4.90 Å². The summed E-state index contributed by atoms with van der Waals surface area (Å²) in [5.41, 5.74) is 0.555. The van der Waals surface area contributed by atoms with Crippen molar-refractivity contribution in [3.8, 4) is 0 Å². The van der Waals surface area contributed by atoms with Crippen LogP contribution in [0.1, 0.15) is 21.8 Å². The fourth-order valence-electron chi connectivity index (χ4n) is 2.26. The molecule has 2 amide bonds. The number of hydrogen-bond donors (Lipinski definition) is 0. The number of amides is 2. The molecule has 2 heterocycles. The van der Waals surface area contributed by atoms with Crippen molar-refractivity contribution >= 4 is 48.0 Å². The summed E-state index contributed by atoms with van der Waals surface area (Å²) in [7, 11) is 4.88. The maximum Gasteiger partial charge on any atom is 0.265 e. The number of thiazole rings is 1. The van der Waals surface area contributed by atoms with Gasteiger partial charge in [-0.15, -0.1) is 0 Å². The number of aryl methyl sites for hydroxylation is 1. The molecular weight excluding hydrogens is 350 g/mol. The van der Waals surface area contributed by atoms with Gasteiger partial charge in [0.1, 0.15) is 4.88 Å². The standard InChI is InChI=1S/C12H16ClN3O4S2/c1-7-10(11(18)15(2)3)21-12(14-7)16-5-8(4-9(16)17)6-22(13,19)20/h8H,4-6H2,1-3H3. The summed E-state index contributed by atoms with van der Waals surface area (Å²) in [6.45, 7) is 1.95. The molecule has 0 spiro atoms. The normalized spacial score (nSPS) is 18.8. The lowest BCUT2D eigenvalue weighted by atomic mass is 10.1. The number of carbonyl (C=O) groups excluding carboxylic acids is 2. The molecule has 0 aromatic carbocycles. The van der Waals surface area contributed by atoms with Gasteiger partial charge in [-0.05, 0) is 6.92 Å². The van der Waals surface area contributed by atoms with Crippen molar-refractivity contribution in [2.24, 2.45) is 5.92 Å². The number of nitrogens with zero attached hydrogens (tertiary/aromatic N) is 3. The number of hydrogen-bond acceptors (Lipinski definition) is 6. The number of anilines is 1. The Balaban J connectivity index is 2.21. The Morgan fingerprint density at radius 1 is 1.50 bits per heavy atom. The first-order valence-electron chi connectivity index (χ1n) is 6.50. The molecule has 22 heavy (non-hydrogen) atoms. The monoisotopic (exact) mass is 365 g/mol. The van der Waals surface area contributed by atoms with Crippen molar-refractivity contribution in [2.75, 3.05) is 31.3 Å². The Kier molecular flexibility index (Phi) is 4.78. The average Bonchev–Trinajstić information content (AvgIpc) is 2.89. The Labute approximate surface area is 137 Å². The van der Waals surface area contributed by atoms with Crippen LogP contribution in [-0.4, -0.2) is 56.5 Å². The molecule has 1 saturated heterocycles. The van der Waals surface area contributed by atoms with E-state index in [-0.39, 0.29) is 36.5 Å². The van der Waals surface area contributed by atoms with Crippen LogP contribution in [0.25, 0.3) is 0 Å². The average molecular weight is 366 g/mol. The zero-order valence-corrected chi connectivity index (χ0v) is 14.8. The van der Waals surface area contributed by atoms with Gasteiger partial charge in [-0.3, -0.25) is 14.5 Å². The number of rotatable bonds is 4. The quantitative estimate of drug-likeness (QED) is 0.745. The van der Waals surface area contributed by atoms with Gasteiger partial charge >= 0.3 is 0 Å². The summed E-state index contributed by atoms with van der Waals surface area (Å²) >= 11 is 1.14. The van der Waals surface area contributed by atoms with Crippen LogP contribution in [0.15, 0.2) is 0 Å². The molecule has 1 aliphatic rings. The smallest absolute Gasteiger partial charge is 0.265 e. The van der Waals surface area contributed by atoms with Crippen LogP contribution < -0.4 is 4.90 Å². The first-order valence-corrected chi connectivity index (χ1v) is 9.79. The Morgan fingerprint density at radius 2 is 2.14 bits per heavy atom. The molecule has 0 aliphatic carbocycles. The zero-order valence-electron chi connectivity index (χ0n) is 12.4. The molecule has 0 radical (unpaired) electrons. The molecule has 1 unspecified atom stereocenters. The van der Waals surface area contributed by atoms with Gasteiger partial charge in [0.25, 0.3) is 5.91 Å². The first-order chi connectivity index (χ1) is 10.1. The SMILES string of the molecule is Cc1nc(N2CC(CS(=O)(=O)Cl)CC2=O)sc1C(=O)N(C)C. The van der Waals surface area contributed by atoms with Crippen LogP contribution in [-0.2, 0) is 13.8 Å². The summed E-state index contributed by atoms with van der Waals surface area (Å²) < 4.78 is 22.3. The second-order valence-electron chi connectivity index (χ2n) is 5.39. The second kappa shape index (κ2) is 6.13. The molecule has 0 saturated carbocycles. The van der Waals surface area contributed by atoms with E-state index in [1.807, 2.05) is 0 Å². The third kappa shape index (κ3) is 3.76. The molecular formula is C12H16ClN3O4S2. The molecule has 2 rings (SSSR count). The predicted octanol–water partition coefficient (Wildman–Crippen LogP) is 1.07. The van der Waals surface area contributed by atoms with Gasteiger partial charge in [-0.1, -0.05) is 11.3 Å². The van der Waals surface area contributed by atoms with E-state index in [1.165, 1.54) is 9.80 Å². The molecule has 1 atom stereocenters. The highest BCUT2D eigenvalue weighted by molar-refractivity contribution is 8.13. The van der Waals surface area contributed by atoms with Gasteiger partial charge in [0, 0.05) is 43.7 Å². The Bertz CT molecular complexity index is 714. The van der Waals surface area contributed by atoms with Crippen molar-refractivity contribution in [3.63, 3.8) is 0 Å². The Hall–Kier alpha value is -1.19. The van der Waals surface area contributed by atoms with E-state index in [2.05, 4.69) is 4.98 Å². The van der Waals surface area contributed by atoms with Crippen molar-refractivity contribution in [1.82, 2.24) is 9.88 Å². The molecule has 1 aromatic heterocycles. The van der Waals surface area contributed by atoms with E-state index in [9.17, 15) is 18.0 Å². The van der Waals surface area contributed by atoms with Crippen molar-refractivity contribution in [3.05, 3.63) is 10.6 Å². The molecule has 1 aromatic rings. The summed E-state index contributed by atoms with van der Waals surface area (Å²) in [6, 6.07) is 0. The molecule has 1 fully saturated rings. The van der Waals surface area contributed by atoms with Crippen molar-refractivity contribution in [1.29, 1.82) is 0 Å². The zero-order chi connectivity index (χ0) is 16.7. The minimum Gasteiger partial charge on any atom is -0.344 e. The molecule has 10 heteroatoms. The summed E-state index contributed by atoms with van der Waals surface area (Å²) in [4.78, 5) is 31.7. The molecule has 0 bridgehead atoms. The van der Waals surface area contributed by atoms with Gasteiger partial charge in [0.2, 0.25) is 15.0 Å². The van der Waals surface area contributed by atoms with Crippen LogP contribution in [0.5, 0.6) is 0 Å². The summed E-state index contributed by atoms with van der Waals surface area (Å²) in [6.07, 6.45) is 0.113. The minimum absolute atomic E-state index is 0.113. The van der Waals surface area contributed by atoms with Gasteiger partial charge in [0.05, 0.1) is 11.4 Å². The lowest BCUT2D eigenvalue weighted by Crippen LogP contribution is -2.25. The summed E-state index contributed by atoms with van der Waals surface area (Å²) in [5.74, 6) is -0.979. The maximum atomic E-state index is 12.1. The van der Waals surface area contributed by atoms with E-state index in [0.29, 0.717) is 15.7 Å². The fraction of sp³-hybridized carbons (Fsp3) is 0.583. The maximum absolute atomic E-state index is 12.1. The third-order valence-corrected chi connectivity index (χ3v) is 5.67. The highest BCUT2D eigenvalue weighted by atomic mass is 35.7. The van der Waals surface area contributed by atoms with Crippen LogP contribution in [0, 0.1) is 12.8 Å². The van der Waals surface area contributed by atoms with Gasteiger partial charge in [-0.2, -0.15) is 0 Å².